The Balaban J connectivity index is 1.67. The zero-order valence-corrected chi connectivity index (χ0v) is 13.9. The molecule has 23 heavy (non-hydrogen) atoms. The predicted octanol–water partition coefficient (Wildman–Crippen LogP) is 4.30. The van der Waals surface area contributed by atoms with Gasteiger partial charge in [0.15, 0.2) is 0 Å². The Hall–Kier alpha value is -1.77. The van der Waals surface area contributed by atoms with Gasteiger partial charge < -0.3 is 9.15 Å². The Morgan fingerprint density at radius 3 is 3.04 bits per heavy atom. The third-order valence-corrected chi connectivity index (χ3v) is 6.77. The van der Waals surface area contributed by atoms with Gasteiger partial charge in [0.25, 0.3) is 0 Å². The fourth-order valence-corrected chi connectivity index (χ4v) is 5.07. The highest BCUT2D eigenvalue weighted by Gasteiger charge is 2.59. The lowest BCUT2D eigenvalue weighted by molar-refractivity contribution is -0.135. The molecular formula is C20H24O3. The minimum absolute atomic E-state index is 0.0938. The number of esters is 1. The molecule has 3 heteroatoms. The average molecular weight is 312 g/mol. The van der Waals surface area contributed by atoms with E-state index in [1.54, 1.807) is 6.26 Å². The molecule has 2 fully saturated rings. The van der Waals surface area contributed by atoms with Crippen LogP contribution in [0.4, 0.5) is 0 Å². The van der Waals surface area contributed by atoms with Crippen molar-refractivity contribution < 1.29 is 13.9 Å². The normalized spacial score (nSPS) is 38.7. The molecule has 0 radical (unpaired) electrons. The monoisotopic (exact) mass is 312 g/mol. The molecule has 1 aromatic heterocycles. The highest BCUT2D eigenvalue weighted by molar-refractivity contribution is 5.93. The van der Waals surface area contributed by atoms with Gasteiger partial charge in [-0.3, -0.25) is 0 Å². The van der Waals surface area contributed by atoms with Gasteiger partial charge in [0.1, 0.15) is 6.61 Å². The number of hydrogen-bond donors (Lipinski definition) is 0. The van der Waals surface area contributed by atoms with Crippen LogP contribution < -0.4 is 0 Å². The summed E-state index contributed by atoms with van der Waals surface area (Å²) in [6, 6.07) is 2.05. The number of carbonyl (C=O) groups excluding carboxylic acids is 1. The molecule has 4 unspecified atom stereocenters. The number of carbonyl (C=O) groups is 1. The first kappa shape index (κ1) is 14.8. The van der Waals surface area contributed by atoms with Gasteiger partial charge in [-0.25, -0.2) is 4.79 Å². The zero-order chi connectivity index (χ0) is 16.1. The lowest BCUT2D eigenvalue weighted by Crippen LogP contribution is -2.50. The summed E-state index contributed by atoms with van der Waals surface area (Å²) in [5.74, 6) is 0.896. The van der Waals surface area contributed by atoms with Crippen LogP contribution in [-0.4, -0.2) is 12.6 Å². The van der Waals surface area contributed by atoms with Crippen molar-refractivity contribution >= 4 is 5.97 Å². The summed E-state index contributed by atoms with van der Waals surface area (Å²) in [6.07, 6.45) is 14.3. The minimum atomic E-state index is -0.105. The van der Waals surface area contributed by atoms with Crippen molar-refractivity contribution in [2.24, 2.45) is 22.7 Å². The standard InChI is InChI=1S/C20H24O3/c1-14-6-10-20-13-23-18(21)16(20)4-3-5-17(20)19(14,2)9-7-15-8-11-22-12-15/h3-5,8,11-12,14,17H,6-7,9-10,13H2,1-2H3. The van der Waals surface area contributed by atoms with E-state index in [-0.39, 0.29) is 16.8 Å². The first-order chi connectivity index (χ1) is 11.1. The summed E-state index contributed by atoms with van der Waals surface area (Å²) in [4.78, 5) is 12.2. The summed E-state index contributed by atoms with van der Waals surface area (Å²) in [5, 5.41) is 0. The third-order valence-electron chi connectivity index (χ3n) is 6.77. The van der Waals surface area contributed by atoms with Crippen LogP contribution in [0.3, 0.4) is 0 Å². The molecule has 0 bridgehead atoms. The molecule has 1 aromatic rings. The van der Waals surface area contributed by atoms with E-state index in [0.29, 0.717) is 18.4 Å². The SMILES string of the molecule is CC1CCC23COC(=O)C2=CC=CC3C1(C)CCc1ccoc1. The van der Waals surface area contributed by atoms with Gasteiger partial charge in [-0.15, -0.1) is 0 Å². The third kappa shape index (κ3) is 2.05. The first-order valence-electron chi connectivity index (χ1n) is 8.63. The van der Waals surface area contributed by atoms with Gasteiger partial charge in [-0.1, -0.05) is 32.1 Å². The van der Waals surface area contributed by atoms with Crippen molar-refractivity contribution in [1.82, 2.24) is 0 Å². The maximum Gasteiger partial charge on any atom is 0.334 e. The van der Waals surface area contributed by atoms with Crippen LogP contribution in [0.5, 0.6) is 0 Å². The number of ether oxygens (including phenoxy) is 1. The van der Waals surface area contributed by atoms with Crippen molar-refractivity contribution in [3.63, 3.8) is 0 Å². The summed E-state index contributed by atoms with van der Waals surface area (Å²) in [5.41, 5.74) is 2.24. The number of hydrogen-bond acceptors (Lipinski definition) is 3. The zero-order valence-electron chi connectivity index (χ0n) is 13.9. The molecule has 1 spiro atoms. The molecule has 1 saturated heterocycles. The predicted molar refractivity (Wildman–Crippen MR) is 87.6 cm³/mol. The molecule has 0 amide bonds. The minimum Gasteiger partial charge on any atom is -0.472 e. The Morgan fingerprint density at radius 2 is 2.26 bits per heavy atom. The Bertz CT molecular complexity index is 669. The van der Waals surface area contributed by atoms with E-state index < -0.39 is 0 Å². The van der Waals surface area contributed by atoms with Gasteiger partial charge >= 0.3 is 5.97 Å². The molecule has 122 valence electrons. The fraction of sp³-hybridized carbons (Fsp3) is 0.550. The summed E-state index contributed by atoms with van der Waals surface area (Å²) < 4.78 is 10.7. The van der Waals surface area contributed by atoms with Crippen molar-refractivity contribution in [2.75, 3.05) is 6.61 Å². The number of rotatable bonds is 3. The van der Waals surface area contributed by atoms with E-state index in [0.717, 1.165) is 31.3 Å². The topological polar surface area (TPSA) is 39.4 Å². The smallest absolute Gasteiger partial charge is 0.334 e. The van der Waals surface area contributed by atoms with Gasteiger partial charge in [0.2, 0.25) is 0 Å². The van der Waals surface area contributed by atoms with Crippen LogP contribution in [0.1, 0.15) is 38.7 Å². The van der Waals surface area contributed by atoms with Gasteiger partial charge in [-0.05, 0) is 54.6 Å². The Kier molecular flexibility index (Phi) is 3.29. The first-order valence-corrected chi connectivity index (χ1v) is 8.63. The summed E-state index contributed by atoms with van der Waals surface area (Å²) in [6.45, 7) is 5.33. The molecule has 1 aliphatic heterocycles. The van der Waals surface area contributed by atoms with Gasteiger partial charge in [0, 0.05) is 11.0 Å². The number of aryl methyl sites for hydroxylation is 1. The van der Waals surface area contributed by atoms with E-state index >= 15 is 0 Å². The quantitative estimate of drug-likeness (QED) is 0.781. The molecule has 1 saturated carbocycles. The molecule has 3 nitrogen and oxygen atoms in total. The molecule has 2 aliphatic carbocycles. The molecule has 4 rings (SSSR count). The highest BCUT2D eigenvalue weighted by atomic mass is 16.5. The van der Waals surface area contributed by atoms with Crippen LogP contribution in [0, 0.1) is 22.7 Å². The Labute approximate surface area is 137 Å². The molecular weight excluding hydrogens is 288 g/mol. The number of furan rings is 1. The van der Waals surface area contributed by atoms with E-state index in [1.807, 2.05) is 12.3 Å². The van der Waals surface area contributed by atoms with Crippen LogP contribution in [0.2, 0.25) is 0 Å². The van der Waals surface area contributed by atoms with Crippen molar-refractivity contribution in [2.45, 2.75) is 39.5 Å². The lowest BCUT2D eigenvalue weighted by Gasteiger charge is -2.55. The highest BCUT2D eigenvalue weighted by Crippen LogP contribution is 2.62. The lowest BCUT2D eigenvalue weighted by atomic mass is 9.48. The van der Waals surface area contributed by atoms with Gasteiger partial charge in [0.05, 0.1) is 12.5 Å². The largest absolute Gasteiger partial charge is 0.472 e. The second-order valence-corrected chi connectivity index (χ2v) is 7.75. The molecule has 2 heterocycles. The van der Waals surface area contributed by atoms with Crippen molar-refractivity contribution in [3.8, 4) is 0 Å². The molecule has 0 aromatic carbocycles. The fourth-order valence-electron chi connectivity index (χ4n) is 5.07. The van der Waals surface area contributed by atoms with Crippen LogP contribution in [0.25, 0.3) is 0 Å². The molecule has 0 N–H and O–H groups in total. The second kappa shape index (κ2) is 5.12. The maximum absolute atomic E-state index is 12.2. The van der Waals surface area contributed by atoms with Crippen LogP contribution in [0.15, 0.2) is 46.8 Å². The molecule has 4 atom stereocenters. The number of cyclic esters (lactones) is 1. The van der Waals surface area contributed by atoms with Crippen molar-refractivity contribution in [3.05, 3.63) is 48.0 Å². The second-order valence-electron chi connectivity index (χ2n) is 7.75. The van der Waals surface area contributed by atoms with E-state index in [2.05, 4.69) is 32.1 Å². The van der Waals surface area contributed by atoms with Crippen LogP contribution >= 0.6 is 0 Å². The van der Waals surface area contributed by atoms with E-state index in [1.165, 1.54) is 5.56 Å². The average Bonchev–Trinajstić information content (AvgIpc) is 3.18. The van der Waals surface area contributed by atoms with E-state index in [9.17, 15) is 4.79 Å². The summed E-state index contributed by atoms with van der Waals surface area (Å²) in [7, 11) is 0. The van der Waals surface area contributed by atoms with Crippen LogP contribution in [-0.2, 0) is 16.0 Å². The van der Waals surface area contributed by atoms with Crippen molar-refractivity contribution in [1.29, 1.82) is 0 Å². The number of allylic oxidation sites excluding steroid dienone is 3. The Morgan fingerprint density at radius 1 is 1.39 bits per heavy atom. The van der Waals surface area contributed by atoms with Gasteiger partial charge in [-0.2, -0.15) is 0 Å². The summed E-state index contributed by atoms with van der Waals surface area (Å²) >= 11 is 0. The molecule has 3 aliphatic rings. The van der Waals surface area contributed by atoms with E-state index in [4.69, 9.17) is 9.15 Å². The maximum atomic E-state index is 12.2.